The number of halogens is 1. The van der Waals surface area contributed by atoms with Crippen molar-refractivity contribution < 1.29 is 4.74 Å². The summed E-state index contributed by atoms with van der Waals surface area (Å²) in [6.07, 6.45) is 1.08. The maximum atomic E-state index is 5.39. The number of hydrogen-bond donors (Lipinski definition) is 0. The van der Waals surface area contributed by atoms with Crippen molar-refractivity contribution in [3.8, 4) is 0 Å². The van der Waals surface area contributed by atoms with Crippen LogP contribution in [-0.4, -0.2) is 31.1 Å². The van der Waals surface area contributed by atoms with Gasteiger partial charge in [0.2, 0.25) is 0 Å². The third-order valence-corrected chi connectivity index (χ3v) is 3.17. The molecular weight excluding hydrogens is 266 g/mol. The largest absolute Gasteiger partial charge is 0.378 e. The number of hydrogen-bond acceptors (Lipinski definition) is 2. The first kappa shape index (κ1) is 11.9. The number of rotatable bonds is 3. The van der Waals surface area contributed by atoms with Gasteiger partial charge in [-0.1, -0.05) is 41.1 Å². The van der Waals surface area contributed by atoms with Crippen LogP contribution >= 0.6 is 15.9 Å². The molecule has 16 heavy (non-hydrogen) atoms. The molecule has 0 saturated carbocycles. The molecule has 88 valence electrons. The predicted octanol–water partition coefficient (Wildman–Crippen LogP) is 2.85. The highest BCUT2D eigenvalue weighted by Gasteiger charge is 2.14. The third-order valence-electron chi connectivity index (χ3n) is 2.84. The lowest BCUT2D eigenvalue weighted by Gasteiger charge is -2.30. The first-order chi connectivity index (χ1) is 7.77. The van der Waals surface area contributed by atoms with Gasteiger partial charge in [0.05, 0.1) is 13.2 Å². The minimum Gasteiger partial charge on any atom is -0.378 e. The van der Waals surface area contributed by atoms with Crippen molar-refractivity contribution in [1.82, 2.24) is 0 Å². The summed E-state index contributed by atoms with van der Waals surface area (Å²) in [5.41, 5.74) is 2.80. The molecule has 1 aromatic carbocycles. The summed E-state index contributed by atoms with van der Waals surface area (Å²) < 4.78 is 5.39. The van der Waals surface area contributed by atoms with E-state index in [1.165, 1.54) is 11.3 Å². The Morgan fingerprint density at radius 2 is 2.00 bits per heavy atom. The van der Waals surface area contributed by atoms with E-state index >= 15 is 0 Å². The van der Waals surface area contributed by atoms with E-state index < -0.39 is 0 Å². The lowest BCUT2D eigenvalue weighted by molar-refractivity contribution is 0.122. The van der Waals surface area contributed by atoms with Crippen molar-refractivity contribution in [3.63, 3.8) is 0 Å². The van der Waals surface area contributed by atoms with Crippen molar-refractivity contribution in [2.45, 2.75) is 18.2 Å². The second-order valence-corrected chi connectivity index (χ2v) is 5.78. The van der Waals surface area contributed by atoms with E-state index in [1.807, 2.05) is 0 Å². The molecule has 0 radical (unpaired) electrons. The van der Waals surface area contributed by atoms with Crippen LogP contribution in [0.5, 0.6) is 0 Å². The molecule has 1 aromatic rings. The second kappa shape index (κ2) is 5.69. The molecule has 1 saturated heterocycles. The highest BCUT2D eigenvalue weighted by molar-refractivity contribution is 9.09. The van der Waals surface area contributed by atoms with Crippen LogP contribution in [0.15, 0.2) is 24.3 Å². The maximum absolute atomic E-state index is 5.39. The van der Waals surface area contributed by atoms with Gasteiger partial charge >= 0.3 is 0 Å². The highest BCUT2D eigenvalue weighted by atomic mass is 79.9. The van der Waals surface area contributed by atoms with Gasteiger partial charge in [0.25, 0.3) is 0 Å². The zero-order valence-electron chi connectivity index (χ0n) is 9.66. The number of nitrogens with zero attached hydrogens (tertiary/aromatic N) is 1. The quantitative estimate of drug-likeness (QED) is 0.791. The minimum atomic E-state index is 0.523. The Balaban J connectivity index is 2.17. The molecule has 2 rings (SSSR count). The van der Waals surface area contributed by atoms with Gasteiger partial charge < -0.3 is 9.64 Å². The maximum Gasteiger partial charge on any atom is 0.0642 e. The summed E-state index contributed by atoms with van der Waals surface area (Å²) in [7, 11) is 0. The number of benzene rings is 1. The lowest BCUT2D eigenvalue weighted by Crippen LogP contribution is -2.36. The molecule has 1 heterocycles. The molecule has 1 aliphatic heterocycles. The van der Waals surface area contributed by atoms with Crippen molar-refractivity contribution >= 4 is 21.6 Å². The van der Waals surface area contributed by atoms with Crippen LogP contribution in [0.4, 0.5) is 5.69 Å². The van der Waals surface area contributed by atoms with E-state index in [4.69, 9.17) is 4.74 Å². The fourth-order valence-electron chi connectivity index (χ4n) is 2.10. The summed E-state index contributed by atoms with van der Waals surface area (Å²) in [6.45, 7) is 5.90. The van der Waals surface area contributed by atoms with Crippen molar-refractivity contribution in [2.24, 2.45) is 0 Å². The number of morpholine rings is 1. The minimum absolute atomic E-state index is 0.523. The molecule has 0 amide bonds. The predicted molar refractivity (Wildman–Crippen MR) is 71.6 cm³/mol. The SMILES string of the molecule is CC(Br)Cc1ccccc1N1CCOCC1. The molecule has 1 fully saturated rings. The zero-order chi connectivity index (χ0) is 11.4. The van der Waals surface area contributed by atoms with Crippen molar-refractivity contribution in [2.75, 3.05) is 31.2 Å². The molecule has 1 aliphatic rings. The number of ether oxygens (including phenoxy) is 1. The van der Waals surface area contributed by atoms with Crippen LogP contribution < -0.4 is 4.90 Å². The van der Waals surface area contributed by atoms with Crippen molar-refractivity contribution in [1.29, 1.82) is 0 Å². The topological polar surface area (TPSA) is 12.5 Å². The summed E-state index contributed by atoms with van der Waals surface area (Å²) >= 11 is 3.63. The molecule has 0 aliphatic carbocycles. The average molecular weight is 284 g/mol. The van der Waals surface area contributed by atoms with E-state index in [2.05, 4.69) is 52.0 Å². The monoisotopic (exact) mass is 283 g/mol. The zero-order valence-corrected chi connectivity index (χ0v) is 11.2. The molecule has 2 nitrogen and oxygen atoms in total. The highest BCUT2D eigenvalue weighted by Crippen LogP contribution is 2.24. The van der Waals surface area contributed by atoms with Crippen LogP contribution in [0.2, 0.25) is 0 Å². The smallest absolute Gasteiger partial charge is 0.0642 e. The van der Waals surface area contributed by atoms with Gasteiger partial charge in [-0.05, 0) is 18.1 Å². The van der Waals surface area contributed by atoms with Gasteiger partial charge in [0.1, 0.15) is 0 Å². The van der Waals surface area contributed by atoms with Crippen LogP contribution in [-0.2, 0) is 11.2 Å². The Hall–Kier alpha value is -0.540. The molecule has 1 unspecified atom stereocenters. The first-order valence-electron chi connectivity index (χ1n) is 5.82. The van der Waals surface area contributed by atoms with Gasteiger partial charge in [-0.3, -0.25) is 0 Å². The van der Waals surface area contributed by atoms with E-state index in [0.717, 1.165) is 32.7 Å². The lowest BCUT2D eigenvalue weighted by atomic mass is 10.1. The molecule has 0 spiro atoms. The standard InChI is InChI=1S/C13H18BrNO/c1-11(14)10-12-4-2-3-5-13(12)15-6-8-16-9-7-15/h2-5,11H,6-10H2,1H3. The summed E-state index contributed by atoms with van der Waals surface area (Å²) in [4.78, 5) is 2.95. The van der Waals surface area contributed by atoms with E-state index in [9.17, 15) is 0 Å². The number of para-hydroxylation sites is 1. The molecule has 0 N–H and O–H groups in total. The van der Waals surface area contributed by atoms with Gasteiger partial charge in [-0.2, -0.15) is 0 Å². The van der Waals surface area contributed by atoms with E-state index in [0.29, 0.717) is 4.83 Å². The van der Waals surface area contributed by atoms with Gasteiger partial charge in [0.15, 0.2) is 0 Å². The number of alkyl halides is 1. The molecule has 1 atom stereocenters. The average Bonchev–Trinajstić information content (AvgIpc) is 2.30. The summed E-state index contributed by atoms with van der Waals surface area (Å²) in [6, 6.07) is 8.68. The molecule has 0 aromatic heterocycles. The van der Waals surface area contributed by atoms with Crippen LogP contribution in [0.1, 0.15) is 12.5 Å². The summed E-state index contributed by atoms with van der Waals surface area (Å²) in [5.74, 6) is 0. The first-order valence-corrected chi connectivity index (χ1v) is 6.73. The molecule has 0 bridgehead atoms. The van der Waals surface area contributed by atoms with Crippen LogP contribution in [0.25, 0.3) is 0 Å². The Morgan fingerprint density at radius 3 is 2.69 bits per heavy atom. The Labute approximate surface area is 106 Å². The van der Waals surface area contributed by atoms with Gasteiger partial charge in [-0.25, -0.2) is 0 Å². The number of anilines is 1. The van der Waals surface area contributed by atoms with Crippen molar-refractivity contribution in [3.05, 3.63) is 29.8 Å². The second-order valence-electron chi connectivity index (χ2n) is 4.21. The Bertz CT molecular complexity index is 334. The van der Waals surface area contributed by atoms with Crippen LogP contribution in [0.3, 0.4) is 0 Å². The fraction of sp³-hybridized carbons (Fsp3) is 0.538. The third kappa shape index (κ3) is 2.98. The molecular formula is C13H18BrNO. The van der Waals surface area contributed by atoms with E-state index in [-0.39, 0.29) is 0 Å². The van der Waals surface area contributed by atoms with Gasteiger partial charge in [-0.15, -0.1) is 0 Å². The fourth-order valence-corrected chi connectivity index (χ4v) is 2.45. The summed E-state index contributed by atoms with van der Waals surface area (Å²) in [5, 5.41) is 0. The molecule has 3 heteroatoms. The Morgan fingerprint density at radius 1 is 1.31 bits per heavy atom. The van der Waals surface area contributed by atoms with Crippen LogP contribution in [0, 0.1) is 0 Å². The van der Waals surface area contributed by atoms with Gasteiger partial charge in [0, 0.05) is 23.6 Å². The normalized spacial score (nSPS) is 18.5. The Kier molecular flexibility index (Phi) is 4.24. The van der Waals surface area contributed by atoms with E-state index in [1.54, 1.807) is 0 Å².